The van der Waals surface area contributed by atoms with Crippen molar-refractivity contribution in [3.63, 3.8) is 0 Å². The fourth-order valence-electron chi connectivity index (χ4n) is 1.70. The molecule has 2 aromatic carbocycles. The van der Waals surface area contributed by atoms with Crippen molar-refractivity contribution in [1.29, 1.82) is 0 Å². The Hall–Kier alpha value is -2.23. The maximum atomic E-state index is 14.0. The van der Waals surface area contributed by atoms with Crippen LogP contribution in [0.4, 0.5) is 8.78 Å². The Morgan fingerprint density at radius 3 is 2.50 bits per heavy atom. The zero-order valence-corrected chi connectivity index (χ0v) is 9.61. The first-order chi connectivity index (χ1) is 8.67. The number of ether oxygens (including phenoxy) is 1. The van der Waals surface area contributed by atoms with E-state index in [2.05, 4.69) is 0 Å². The number of benzene rings is 2. The van der Waals surface area contributed by atoms with Gasteiger partial charge in [-0.05, 0) is 12.1 Å². The van der Waals surface area contributed by atoms with Crippen molar-refractivity contribution in [1.82, 2.24) is 0 Å². The molecule has 2 aromatic rings. The van der Waals surface area contributed by atoms with Gasteiger partial charge in [0.15, 0.2) is 11.6 Å². The van der Waals surface area contributed by atoms with Crippen molar-refractivity contribution in [3.05, 3.63) is 53.6 Å². The molecule has 0 aromatic heterocycles. The molecule has 0 aliphatic rings. The molecule has 0 spiro atoms. The van der Waals surface area contributed by atoms with Gasteiger partial charge in [-0.2, -0.15) is 0 Å². The van der Waals surface area contributed by atoms with Crippen LogP contribution >= 0.6 is 0 Å². The monoisotopic (exact) mass is 248 g/mol. The normalized spacial score (nSPS) is 10.2. The Kier molecular flexibility index (Phi) is 3.37. The smallest absolute Gasteiger partial charge is 0.172 e. The fourth-order valence-corrected chi connectivity index (χ4v) is 1.70. The second-order valence-electron chi connectivity index (χ2n) is 3.68. The summed E-state index contributed by atoms with van der Waals surface area (Å²) < 4.78 is 32.6. The lowest BCUT2D eigenvalue weighted by Gasteiger charge is -2.08. The van der Waals surface area contributed by atoms with E-state index in [1.54, 1.807) is 6.07 Å². The van der Waals surface area contributed by atoms with Gasteiger partial charge in [-0.15, -0.1) is 0 Å². The summed E-state index contributed by atoms with van der Waals surface area (Å²) in [6.45, 7) is 0. The first-order valence-electron chi connectivity index (χ1n) is 5.25. The summed E-state index contributed by atoms with van der Waals surface area (Å²) in [7, 11) is 1.34. The summed E-state index contributed by atoms with van der Waals surface area (Å²) in [4.78, 5) is 10.5. The molecule has 0 aliphatic heterocycles. The topological polar surface area (TPSA) is 26.3 Å². The molecule has 0 N–H and O–H groups in total. The number of aldehydes is 1. The SMILES string of the molecule is COc1cccc(-c2ccc(C=O)cc2F)c1F. The van der Waals surface area contributed by atoms with Crippen LogP contribution in [0.25, 0.3) is 11.1 Å². The van der Waals surface area contributed by atoms with Crippen molar-refractivity contribution in [3.8, 4) is 16.9 Å². The van der Waals surface area contributed by atoms with E-state index >= 15 is 0 Å². The zero-order valence-electron chi connectivity index (χ0n) is 9.61. The molecule has 0 saturated heterocycles. The van der Waals surface area contributed by atoms with Gasteiger partial charge in [0.05, 0.1) is 7.11 Å². The van der Waals surface area contributed by atoms with Crippen LogP contribution in [0.3, 0.4) is 0 Å². The van der Waals surface area contributed by atoms with Crippen molar-refractivity contribution in [2.24, 2.45) is 0 Å². The highest BCUT2D eigenvalue weighted by atomic mass is 19.1. The highest BCUT2D eigenvalue weighted by molar-refractivity contribution is 5.77. The first kappa shape index (κ1) is 12.2. The van der Waals surface area contributed by atoms with Gasteiger partial charge in [-0.1, -0.05) is 24.3 Å². The summed E-state index contributed by atoms with van der Waals surface area (Å²) in [5, 5.41) is 0. The van der Waals surface area contributed by atoms with Crippen LogP contribution in [0.15, 0.2) is 36.4 Å². The van der Waals surface area contributed by atoms with Crippen LogP contribution in [0.5, 0.6) is 5.75 Å². The third-order valence-electron chi connectivity index (χ3n) is 2.60. The predicted molar refractivity (Wildman–Crippen MR) is 63.7 cm³/mol. The van der Waals surface area contributed by atoms with Gasteiger partial charge in [-0.3, -0.25) is 4.79 Å². The number of methoxy groups -OCH3 is 1. The molecule has 2 rings (SSSR count). The molecule has 0 saturated carbocycles. The molecule has 0 atom stereocenters. The van der Waals surface area contributed by atoms with Gasteiger partial charge in [0, 0.05) is 16.7 Å². The number of halogens is 2. The Morgan fingerprint density at radius 1 is 1.11 bits per heavy atom. The summed E-state index contributed by atoms with van der Waals surface area (Å²) in [6, 6.07) is 8.36. The average molecular weight is 248 g/mol. The van der Waals surface area contributed by atoms with E-state index in [4.69, 9.17) is 4.74 Å². The molecule has 0 bridgehead atoms. The standard InChI is InChI=1S/C14H10F2O2/c1-18-13-4-2-3-11(14(13)16)10-6-5-9(8-17)7-12(10)15/h2-8H,1H3. The van der Waals surface area contributed by atoms with Gasteiger partial charge in [0.1, 0.15) is 12.1 Å². The minimum Gasteiger partial charge on any atom is -0.494 e. The Balaban J connectivity index is 2.58. The fraction of sp³-hybridized carbons (Fsp3) is 0.0714. The van der Waals surface area contributed by atoms with Crippen LogP contribution < -0.4 is 4.74 Å². The van der Waals surface area contributed by atoms with Crippen molar-refractivity contribution in [2.75, 3.05) is 7.11 Å². The molecule has 2 nitrogen and oxygen atoms in total. The third kappa shape index (κ3) is 2.09. The Morgan fingerprint density at radius 2 is 1.89 bits per heavy atom. The lowest BCUT2D eigenvalue weighted by atomic mass is 10.0. The predicted octanol–water partition coefficient (Wildman–Crippen LogP) is 3.45. The van der Waals surface area contributed by atoms with E-state index < -0.39 is 11.6 Å². The van der Waals surface area contributed by atoms with Gasteiger partial charge < -0.3 is 4.74 Å². The van der Waals surface area contributed by atoms with Crippen LogP contribution in [0.1, 0.15) is 10.4 Å². The summed E-state index contributed by atoms with van der Waals surface area (Å²) in [5.74, 6) is -1.23. The van der Waals surface area contributed by atoms with E-state index in [1.807, 2.05) is 0 Å². The average Bonchev–Trinajstić information content (AvgIpc) is 2.39. The van der Waals surface area contributed by atoms with E-state index in [0.29, 0.717) is 6.29 Å². The third-order valence-corrected chi connectivity index (χ3v) is 2.60. The van der Waals surface area contributed by atoms with E-state index in [0.717, 1.165) is 6.07 Å². The Labute approximate surface area is 103 Å². The quantitative estimate of drug-likeness (QED) is 0.777. The largest absolute Gasteiger partial charge is 0.494 e. The highest BCUT2D eigenvalue weighted by Crippen LogP contribution is 2.30. The maximum Gasteiger partial charge on any atom is 0.172 e. The van der Waals surface area contributed by atoms with Crippen LogP contribution in [0, 0.1) is 11.6 Å². The molecule has 0 unspecified atom stereocenters. The minimum atomic E-state index is -0.647. The Bertz CT molecular complexity index is 594. The lowest BCUT2D eigenvalue weighted by molar-refractivity contribution is 0.112. The molecule has 18 heavy (non-hydrogen) atoms. The number of carbonyl (C=O) groups excluding carboxylic acids is 1. The number of hydrogen-bond acceptors (Lipinski definition) is 2. The maximum absolute atomic E-state index is 14.0. The van der Waals surface area contributed by atoms with Crippen LogP contribution in [0.2, 0.25) is 0 Å². The molecule has 0 amide bonds. The zero-order chi connectivity index (χ0) is 13.1. The van der Waals surface area contributed by atoms with E-state index in [-0.39, 0.29) is 22.4 Å². The molecular formula is C14H10F2O2. The molecule has 0 radical (unpaired) electrons. The van der Waals surface area contributed by atoms with Crippen molar-refractivity contribution < 1.29 is 18.3 Å². The molecule has 0 fully saturated rings. The van der Waals surface area contributed by atoms with Crippen molar-refractivity contribution >= 4 is 6.29 Å². The molecule has 92 valence electrons. The van der Waals surface area contributed by atoms with Crippen LogP contribution in [-0.4, -0.2) is 13.4 Å². The first-order valence-corrected chi connectivity index (χ1v) is 5.25. The minimum absolute atomic E-state index is 0.0476. The van der Waals surface area contributed by atoms with E-state index in [1.165, 1.54) is 31.4 Å². The number of hydrogen-bond donors (Lipinski definition) is 0. The number of carbonyl (C=O) groups is 1. The second kappa shape index (κ2) is 4.96. The molecule has 4 heteroatoms. The summed E-state index contributed by atoms with van der Waals surface area (Å²) in [5.41, 5.74) is 0.404. The molecule has 0 heterocycles. The van der Waals surface area contributed by atoms with Crippen molar-refractivity contribution in [2.45, 2.75) is 0 Å². The van der Waals surface area contributed by atoms with Gasteiger partial charge in [0.25, 0.3) is 0 Å². The van der Waals surface area contributed by atoms with Gasteiger partial charge in [0.2, 0.25) is 0 Å². The van der Waals surface area contributed by atoms with E-state index in [9.17, 15) is 13.6 Å². The van der Waals surface area contributed by atoms with Gasteiger partial charge in [-0.25, -0.2) is 8.78 Å². The molecular weight excluding hydrogens is 238 g/mol. The summed E-state index contributed by atoms with van der Waals surface area (Å²) >= 11 is 0. The number of rotatable bonds is 3. The summed E-state index contributed by atoms with van der Waals surface area (Å²) in [6.07, 6.45) is 0.537. The second-order valence-corrected chi connectivity index (χ2v) is 3.68. The van der Waals surface area contributed by atoms with Crippen LogP contribution in [-0.2, 0) is 0 Å². The van der Waals surface area contributed by atoms with Gasteiger partial charge >= 0.3 is 0 Å². The molecule has 0 aliphatic carbocycles. The highest BCUT2D eigenvalue weighted by Gasteiger charge is 2.13. The lowest BCUT2D eigenvalue weighted by Crippen LogP contribution is -1.94.